The van der Waals surface area contributed by atoms with Gasteiger partial charge in [-0.2, -0.15) is 4.68 Å². The first-order valence-corrected chi connectivity index (χ1v) is 9.52. The van der Waals surface area contributed by atoms with Crippen molar-refractivity contribution in [1.82, 2.24) is 20.2 Å². The molecule has 136 valence electrons. The zero-order valence-electron chi connectivity index (χ0n) is 13.8. The number of hydrogen-bond acceptors (Lipinski definition) is 6. The lowest BCUT2D eigenvalue weighted by atomic mass is 10.2. The van der Waals surface area contributed by atoms with Crippen molar-refractivity contribution in [2.75, 3.05) is 12.4 Å². The molecule has 0 aliphatic rings. The van der Waals surface area contributed by atoms with Crippen molar-refractivity contribution in [3.05, 3.63) is 58.1 Å². The van der Waals surface area contributed by atoms with Gasteiger partial charge < -0.3 is 9.84 Å². The number of hydrogen-bond donors (Lipinski definition) is 1. The number of aliphatic hydroxyl groups is 1. The van der Waals surface area contributed by atoms with Crippen LogP contribution in [-0.2, 0) is 0 Å². The van der Waals surface area contributed by atoms with Crippen LogP contribution < -0.4 is 4.74 Å². The van der Waals surface area contributed by atoms with E-state index in [0.717, 1.165) is 11.3 Å². The number of nitrogens with zero attached hydrogens (tertiary/aromatic N) is 4. The van der Waals surface area contributed by atoms with Crippen LogP contribution in [0.4, 0.5) is 0 Å². The summed E-state index contributed by atoms with van der Waals surface area (Å²) in [5, 5.41) is 23.5. The molecule has 26 heavy (non-hydrogen) atoms. The molecule has 0 aliphatic heterocycles. The highest BCUT2D eigenvalue weighted by molar-refractivity contribution is 7.99. The van der Waals surface area contributed by atoms with Crippen molar-refractivity contribution >= 4 is 35.0 Å². The molecule has 0 saturated carbocycles. The first-order valence-electron chi connectivity index (χ1n) is 7.77. The second-order valence-corrected chi connectivity index (χ2v) is 7.34. The van der Waals surface area contributed by atoms with Gasteiger partial charge in [-0.1, -0.05) is 53.2 Å². The molecular formula is C17H16Cl2N4O2S. The van der Waals surface area contributed by atoms with Crippen LogP contribution in [0.1, 0.15) is 5.56 Å². The molecule has 0 radical (unpaired) electrons. The van der Waals surface area contributed by atoms with Crippen molar-refractivity contribution in [1.29, 1.82) is 0 Å². The number of aromatic nitrogens is 4. The first-order chi connectivity index (χ1) is 12.5. The molecule has 3 aromatic rings. The highest BCUT2D eigenvalue weighted by Gasteiger charge is 2.14. The smallest absolute Gasteiger partial charge is 0.214 e. The zero-order valence-corrected chi connectivity index (χ0v) is 16.2. The fourth-order valence-corrected chi connectivity index (χ4v) is 3.47. The predicted octanol–water partition coefficient (Wildman–Crippen LogP) is 3.81. The topological polar surface area (TPSA) is 73.1 Å². The lowest BCUT2D eigenvalue weighted by Gasteiger charge is -2.13. The van der Waals surface area contributed by atoms with Gasteiger partial charge in [0.25, 0.3) is 0 Å². The Morgan fingerprint density at radius 1 is 1.23 bits per heavy atom. The molecule has 0 aliphatic carbocycles. The van der Waals surface area contributed by atoms with Crippen molar-refractivity contribution < 1.29 is 9.84 Å². The summed E-state index contributed by atoms with van der Waals surface area (Å²) in [4.78, 5) is 0. The molecule has 0 fully saturated rings. The second-order valence-electron chi connectivity index (χ2n) is 5.51. The molecule has 0 saturated heterocycles. The molecule has 6 nitrogen and oxygen atoms in total. The summed E-state index contributed by atoms with van der Waals surface area (Å²) in [6, 6.07) is 12.8. The highest BCUT2D eigenvalue weighted by Crippen LogP contribution is 2.28. The monoisotopic (exact) mass is 410 g/mol. The van der Waals surface area contributed by atoms with E-state index in [-0.39, 0.29) is 6.61 Å². The van der Waals surface area contributed by atoms with Gasteiger partial charge >= 0.3 is 0 Å². The molecule has 0 unspecified atom stereocenters. The number of aliphatic hydroxyl groups excluding tert-OH is 1. The van der Waals surface area contributed by atoms with E-state index in [0.29, 0.717) is 26.7 Å². The first kappa shape index (κ1) is 19.0. The van der Waals surface area contributed by atoms with Crippen molar-refractivity contribution in [3.63, 3.8) is 0 Å². The molecule has 1 atom stereocenters. The Hall–Kier alpha value is -1.80. The maximum atomic E-state index is 10.2. The summed E-state index contributed by atoms with van der Waals surface area (Å²) in [6.07, 6.45) is -0.714. The quantitative estimate of drug-likeness (QED) is 0.596. The lowest BCUT2D eigenvalue weighted by Crippen LogP contribution is -2.20. The van der Waals surface area contributed by atoms with E-state index in [2.05, 4.69) is 15.5 Å². The molecule has 0 spiro atoms. The van der Waals surface area contributed by atoms with Crippen LogP contribution in [0.3, 0.4) is 0 Å². The summed E-state index contributed by atoms with van der Waals surface area (Å²) in [7, 11) is 0. The van der Waals surface area contributed by atoms with Gasteiger partial charge in [-0.25, -0.2) is 0 Å². The molecule has 1 aromatic heterocycles. The molecule has 9 heteroatoms. The van der Waals surface area contributed by atoms with Crippen LogP contribution in [0.2, 0.25) is 10.0 Å². The van der Waals surface area contributed by atoms with E-state index in [1.807, 2.05) is 31.2 Å². The van der Waals surface area contributed by atoms with Crippen molar-refractivity contribution in [2.45, 2.75) is 18.2 Å². The molecule has 1 N–H and O–H groups in total. The van der Waals surface area contributed by atoms with E-state index >= 15 is 0 Å². The fraction of sp³-hybridized carbons (Fsp3) is 0.235. The van der Waals surface area contributed by atoms with Gasteiger partial charge in [-0.05, 0) is 47.2 Å². The summed E-state index contributed by atoms with van der Waals surface area (Å²) in [5.74, 6) is 0.849. The Morgan fingerprint density at radius 3 is 2.81 bits per heavy atom. The summed E-state index contributed by atoms with van der Waals surface area (Å²) < 4.78 is 7.20. The Bertz CT molecular complexity index is 891. The standard InChI is InChI=1S/C17H16Cl2N4O2S/c1-11-4-2-3-5-15(11)23-17(20-21-22-23)26-10-13(24)9-25-16-7-6-12(18)8-14(16)19/h2-8,13,24H,9-10H2,1H3/t13-/m1/s1. The van der Waals surface area contributed by atoms with Gasteiger partial charge in [0.1, 0.15) is 12.4 Å². The predicted molar refractivity (Wildman–Crippen MR) is 103 cm³/mol. The normalized spacial score (nSPS) is 12.2. The van der Waals surface area contributed by atoms with Gasteiger partial charge in [0.15, 0.2) is 0 Å². The van der Waals surface area contributed by atoms with Crippen LogP contribution in [0.15, 0.2) is 47.6 Å². The zero-order chi connectivity index (χ0) is 18.5. The Kier molecular flexibility index (Phi) is 6.37. The van der Waals surface area contributed by atoms with Crippen LogP contribution >= 0.6 is 35.0 Å². The fourth-order valence-electron chi connectivity index (χ4n) is 2.22. The van der Waals surface area contributed by atoms with Crippen LogP contribution in [-0.4, -0.2) is 43.8 Å². The van der Waals surface area contributed by atoms with E-state index in [9.17, 15) is 5.11 Å². The van der Waals surface area contributed by atoms with Crippen LogP contribution in [0.25, 0.3) is 5.69 Å². The molecule has 2 aromatic carbocycles. The van der Waals surface area contributed by atoms with Gasteiger partial charge in [0.05, 0.1) is 16.8 Å². The molecular weight excluding hydrogens is 395 g/mol. The number of tetrazole rings is 1. The van der Waals surface area contributed by atoms with Gasteiger partial charge in [0, 0.05) is 10.8 Å². The van der Waals surface area contributed by atoms with E-state index in [1.165, 1.54) is 11.8 Å². The summed E-state index contributed by atoms with van der Waals surface area (Å²) in [6.45, 7) is 2.09. The minimum Gasteiger partial charge on any atom is -0.489 e. The molecule has 1 heterocycles. The number of thioether (sulfide) groups is 1. The minimum absolute atomic E-state index is 0.0975. The van der Waals surface area contributed by atoms with Crippen molar-refractivity contribution in [2.24, 2.45) is 0 Å². The number of aryl methyl sites for hydroxylation is 1. The summed E-state index contributed by atoms with van der Waals surface area (Å²) >= 11 is 13.2. The average Bonchev–Trinajstić information content (AvgIpc) is 3.08. The average molecular weight is 411 g/mol. The van der Waals surface area contributed by atoms with Gasteiger partial charge in [0.2, 0.25) is 5.16 Å². The van der Waals surface area contributed by atoms with Gasteiger partial charge in [-0.15, -0.1) is 5.10 Å². The molecule has 0 amide bonds. The van der Waals surface area contributed by atoms with E-state index in [1.54, 1.807) is 22.9 Å². The molecule has 3 rings (SSSR count). The number of ether oxygens (including phenoxy) is 1. The van der Waals surface area contributed by atoms with E-state index in [4.69, 9.17) is 27.9 Å². The third-order valence-electron chi connectivity index (χ3n) is 3.51. The number of halogens is 2. The Labute approximate surface area is 165 Å². The largest absolute Gasteiger partial charge is 0.489 e. The Balaban J connectivity index is 1.58. The van der Waals surface area contributed by atoms with E-state index < -0.39 is 6.10 Å². The third-order valence-corrected chi connectivity index (χ3v) is 5.11. The van der Waals surface area contributed by atoms with Gasteiger partial charge in [-0.3, -0.25) is 0 Å². The molecule has 0 bridgehead atoms. The van der Waals surface area contributed by atoms with Crippen LogP contribution in [0, 0.1) is 6.92 Å². The number of rotatable bonds is 7. The second kappa shape index (κ2) is 8.73. The number of benzene rings is 2. The lowest BCUT2D eigenvalue weighted by molar-refractivity contribution is 0.126. The number of para-hydroxylation sites is 1. The highest BCUT2D eigenvalue weighted by atomic mass is 35.5. The van der Waals surface area contributed by atoms with Crippen molar-refractivity contribution in [3.8, 4) is 11.4 Å². The maximum Gasteiger partial charge on any atom is 0.214 e. The Morgan fingerprint density at radius 2 is 2.04 bits per heavy atom. The third kappa shape index (κ3) is 4.67. The van der Waals surface area contributed by atoms with Crippen LogP contribution in [0.5, 0.6) is 5.75 Å². The maximum absolute atomic E-state index is 10.2. The summed E-state index contributed by atoms with van der Waals surface area (Å²) in [5.41, 5.74) is 1.96. The minimum atomic E-state index is -0.714. The SMILES string of the molecule is Cc1ccccc1-n1nnnc1SC[C@H](O)COc1ccc(Cl)cc1Cl.